The van der Waals surface area contributed by atoms with Crippen LogP contribution in [0.4, 0.5) is 0 Å². The van der Waals surface area contributed by atoms with Crippen LogP contribution in [0, 0.1) is 5.41 Å². The third-order valence-electron chi connectivity index (χ3n) is 6.91. The second-order valence-corrected chi connectivity index (χ2v) is 8.84. The van der Waals surface area contributed by atoms with Crippen molar-refractivity contribution < 1.29 is 0 Å². The van der Waals surface area contributed by atoms with Gasteiger partial charge >= 0.3 is 0 Å². The Morgan fingerprint density at radius 1 is 0.345 bits per heavy atom. The predicted octanol–water partition coefficient (Wildman–Crippen LogP) is 6.90. The largest absolute Gasteiger partial charge is 0.0620 e. The summed E-state index contributed by atoms with van der Waals surface area (Å²) in [6.45, 7) is 0. The lowest BCUT2D eigenvalue weighted by atomic mass is 9.70. The molecule has 4 aromatic carbocycles. The van der Waals surface area contributed by atoms with E-state index in [9.17, 15) is 0 Å². The molecule has 0 atom stereocenters. The molecule has 29 heavy (non-hydrogen) atoms. The molecule has 2 aliphatic carbocycles. The summed E-state index contributed by atoms with van der Waals surface area (Å²) in [7, 11) is 0. The van der Waals surface area contributed by atoms with Crippen molar-refractivity contribution in [2.24, 2.45) is 5.41 Å². The first-order valence-electron chi connectivity index (χ1n) is 10.6. The zero-order valence-electron chi connectivity index (χ0n) is 16.6. The van der Waals surface area contributed by atoms with Crippen LogP contribution in [0.25, 0.3) is 22.3 Å². The molecule has 0 heteroatoms. The van der Waals surface area contributed by atoms with Gasteiger partial charge in [-0.1, -0.05) is 97.1 Å². The minimum atomic E-state index is 0.200. The Morgan fingerprint density at radius 3 is 0.862 bits per heavy atom. The van der Waals surface area contributed by atoms with E-state index in [-0.39, 0.29) is 5.41 Å². The maximum atomic E-state index is 2.35. The van der Waals surface area contributed by atoms with Crippen LogP contribution in [0.3, 0.4) is 0 Å². The van der Waals surface area contributed by atoms with Gasteiger partial charge in [-0.15, -0.1) is 0 Å². The first kappa shape index (κ1) is 16.8. The van der Waals surface area contributed by atoms with Crippen molar-refractivity contribution in [3.8, 4) is 22.3 Å². The summed E-state index contributed by atoms with van der Waals surface area (Å²) in [6.07, 6.45) is 4.50. The van der Waals surface area contributed by atoms with Gasteiger partial charge in [-0.25, -0.2) is 0 Å². The molecule has 0 bridgehead atoms. The molecular formula is C29H24. The first-order chi connectivity index (χ1) is 14.3. The molecule has 0 heterocycles. The Kier molecular flexibility index (Phi) is 3.74. The highest BCUT2D eigenvalue weighted by atomic mass is 14.4. The molecule has 0 saturated heterocycles. The smallest absolute Gasteiger partial charge is 0.0135 e. The van der Waals surface area contributed by atoms with Gasteiger partial charge in [0.15, 0.2) is 0 Å². The molecule has 140 valence electrons. The molecule has 1 spiro atoms. The molecular weight excluding hydrogens is 348 g/mol. The van der Waals surface area contributed by atoms with Crippen LogP contribution in [0.5, 0.6) is 0 Å². The van der Waals surface area contributed by atoms with Crippen molar-refractivity contribution in [3.63, 3.8) is 0 Å². The SMILES string of the molecule is c1ccc2c(c1)CC1(Cc3ccccc3-2)Cc2ccccc2-c2ccccc2C1. The van der Waals surface area contributed by atoms with Crippen LogP contribution in [-0.4, -0.2) is 0 Å². The molecule has 0 N–H and O–H groups in total. The molecule has 0 amide bonds. The summed E-state index contributed by atoms with van der Waals surface area (Å²) < 4.78 is 0. The van der Waals surface area contributed by atoms with Crippen LogP contribution in [0.2, 0.25) is 0 Å². The minimum absolute atomic E-state index is 0.200. The van der Waals surface area contributed by atoms with Gasteiger partial charge in [0.25, 0.3) is 0 Å². The van der Waals surface area contributed by atoms with E-state index in [1.807, 2.05) is 0 Å². The summed E-state index contributed by atoms with van der Waals surface area (Å²) in [5.74, 6) is 0. The third-order valence-corrected chi connectivity index (χ3v) is 6.91. The zero-order valence-corrected chi connectivity index (χ0v) is 16.6. The molecule has 0 unspecified atom stereocenters. The number of hydrogen-bond acceptors (Lipinski definition) is 0. The first-order valence-corrected chi connectivity index (χ1v) is 10.6. The standard InChI is InChI=1S/C29H24/c1-5-13-25-21(9-1)17-29(18-22-10-2-6-14-26(22)25)19-23-11-3-7-15-27(23)28-16-8-4-12-24(28)20-29/h1-16H,17-20H2. The molecule has 4 aromatic rings. The van der Waals surface area contributed by atoms with E-state index >= 15 is 0 Å². The highest BCUT2D eigenvalue weighted by Gasteiger charge is 2.38. The summed E-state index contributed by atoms with van der Waals surface area (Å²) in [5.41, 5.74) is 11.9. The van der Waals surface area contributed by atoms with Gasteiger partial charge < -0.3 is 0 Å². The summed E-state index contributed by atoms with van der Waals surface area (Å²) in [4.78, 5) is 0. The Labute approximate surface area is 172 Å². The fraction of sp³-hybridized carbons (Fsp3) is 0.172. The number of fused-ring (bicyclic) bond motifs is 6. The van der Waals surface area contributed by atoms with E-state index in [0.29, 0.717) is 0 Å². The number of benzene rings is 4. The molecule has 2 aliphatic rings. The van der Waals surface area contributed by atoms with E-state index in [1.54, 1.807) is 0 Å². The van der Waals surface area contributed by atoms with E-state index in [2.05, 4.69) is 97.1 Å². The lowest BCUT2D eigenvalue weighted by molar-refractivity contribution is 0.280. The fourth-order valence-corrected chi connectivity index (χ4v) is 5.74. The van der Waals surface area contributed by atoms with Gasteiger partial charge in [0.2, 0.25) is 0 Å². The van der Waals surface area contributed by atoms with Crippen molar-refractivity contribution in [2.45, 2.75) is 25.7 Å². The van der Waals surface area contributed by atoms with Gasteiger partial charge in [0.1, 0.15) is 0 Å². The maximum absolute atomic E-state index is 2.35. The zero-order chi connectivity index (χ0) is 19.3. The molecule has 0 nitrogen and oxygen atoms in total. The van der Waals surface area contributed by atoms with Gasteiger partial charge in [0.05, 0.1) is 0 Å². The average Bonchev–Trinajstić information content (AvgIpc) is 2.97. The molecule has 6 rings (SSSR count). The minimum Gasteiger partial charge on any atom is -0.0620 e. The highest BCUT2D eigenvalue weighted by Crippen LogP contribution is 2.47. The Balaban J connectivity index is 1.60. The van der Waals surface area contributed by atoms with Gasteiger partial charge in [-0.3, -0.25) is 0 Å². The molecule has 0 saturated carbocycles. The Bertz CT molecular complexity index is 1020. The lowest BCUT2D eigenvalue weighted by Gasteiger charge is -2.33. The van der Waals surface area contributed by atoms with Crippen LogP contribution in [0.1, 0.15) is 22.3 Å². The monoisotopic (exact) mass is 372 g/mol. The Hall–Kier alpha value is -3.12. The number of rotatable bonds is 0. The summed E-state index contributed by atoms with van der Waals surface area (Å²) >= 11 is 0. The van der Waals surface area contributed by atoms with Gasteiger partial charge in [-0.05, 0) is 75.6 Å². The number of hydrogen-bond donors (Lipinski definition) is 0. The predicted molar refractivity (Wildman–Crippen MR) is 121 cm³/mol. The topological polar surface area (TPSA) is 0 Å². The van der Waals surface area contributed by atoms with Crippen molar-refractivity contribution in [1.82, 2.24) is 0 Å². The van der Waals surface area contributed by atoms with Crippen molar-refractivity contribution in [2.75, 3.05) is 0 Å². The quantitative estimate of drug-likeness (QED) is 0.315. The fourth-order valence-electron chi connectivity index (χ4n) is 5.74. The van der Waals surface area contributed by atoms with E-state index in [4.69, 9.17) is 0 Å². The van der Waals surface area contributed by atoms with Crippen molar-refractivity contribution >= 4 is 0 Å². The summed E-state index contributed by atoms with van der Waals surface area (Å²) in [6, 6.07) is 36.2. The van der Waals surface area contributed by atoms with Crippen LogP contribution < -0.4 is 0 Å². The van der Waals surface area contributed by atoms with Crippen LogP contribution >= 0.6 is 0 Å². The summed E-state index contributed by atoms with van der Waals surface area (Å²) in [5, 5.41) is 0. The van der Waals surface area contributed by atoms with Crippen molar-refractivity contribution in [1.29, 1.82) is 0 Å². The van der Waals surface area contributed by atoms with Crippen LogP contribution in [-0.2, 0) is 25.7 Å². The van der Waals surface area contributed by atoms with E-state index < -0.39 is 0 Å². The lowest BCUT2D eigenvalue weighted by Crippen LogP contribution is -2.30. The normalized spacial score (nSPS) is 16.0. The van der Waals surface area contributed by atoms with Gasteiger partial charge in [-0.2, -0.15) is 0 Å². The van der Waals surface area contributed by atoms with Crippen LogP contribution in [0.15, 0.2) is 97.1 Å². The molecule has 0 fully saturated rings. The highest BCUT2D eigenvalue weighted by molar-refractivity contribution is 5.74. The second kappa shape index (κ2) is 6.46. The van der Waals surface area contributed by atoms with E-state index in [1.165, 1.54) is 44.5 Å². The van der Waals surface area contributed by atoms with Gasteiger partial charge in [0, 0.05) is 0 Å². The second-order valence-electron chi connectivity index (χ2n) is 8.84. The van der Waals surface area contributed by atoms with Crippen molar-refractivity contribution in [3.05, 3.63) is 119 Å². The average molecular weight is 373 g/mol. The maximum Gasteiger partial charge on any atom is -0.0135 e. The molecule has 0 aromatic heterocycles. The van der Waals surface area contributed by atoms with E-state index in [0.717, 1.165) is 25.7 Å². The third kappa shape index (κ3) is 2.75. The molecule has 0 aliphatic heterocycles. The molecule has 0 radical (unpaired) electrons. The Morgan fingerprint density at radius 2 is 0.586 bits per heavy atom.